The number of benzene rings is 1. The fourth-order valence-corrected chi connectivity index (χ4v) is 8.75. The maximum absolute atomic E-state index is 13.5. The van der Waals surface area contributed by atoms with Crippen molar-refractivity contribution in [2.45, 2.75) is 44.6 Å². The lowest BCUT2D eigenvalue weighted by molar-refractivity contribution is -0.111. The van der Waals surface area contributed by atoms with Gasteiger partial charge in [-0.15, -0.1) is 11.3 Å². The van der Waals surface area contributed by atoms with Gasteiger partial charge in [0.15, 0.2) is 0 Å². The lowest BCUT2D eigenvalue weighted by Crippen LogP contribution is -2.51. The lowest BCUT2D eigenvalue weighted by atomic mass is 9.72. The van der Waals surface area contributed by atoms with Gasteiger partial charge in [-0.3, -0.25) is 9.59 Å². The average molecular weight is 707 g/mol. The van der Waals surface area contributed by atoms with E-state index >= 15 is 0 Å². The number of thiophene rings is 1. The van der Waals surface area contributed by atoms with Gasteiger partial charge in [-0.2, -0.15) is 10.2 Å². The molecule has 2 saturated heterocycles. The summed E-state index contributed by atoms with van der Waals surface area (Å²) >= 11 is 1.48. The van der Waals surface area contributed by atoms with Crippen LogP contribution in [0.25, 0.3) is 11.5 Å². The van der Waals surface area contributed by atoms with Gasteiger partial charge in [-0.05, 0) is 70.5 Å². The molecule has 3 aliphatic rings. The van der Waals surface area contributed by atoms with Crippen LogP contribution in [0.5, 0.6) is 0 Å². The van der Waals surface area contributed by atoms with Gasteiger partial charge >= 0.3 is 0 Å². The van der Waals surface area contributed by atoms with Crippen molar-refractivity contribution in [3.8, 4) is 17.6 Å². The van der Waals surface area contributed by atoms with Crippen molar-refractivity contribution in [2.75, 3.05) is 73.7 Å². The van der Waals surface area contributed by atoms with E-state index in [1.807, 2.05) is 11.0 Å². The molecule has 0 radical (unpaired) electrons. The molecule has 0 bridgehead atoms. The highest BCUT2D eigenvalue weighted by molar-refractivity contribution is 7.16. The number of likely N-dealkylation sites (N-methyl/N-ethyl adjacent to an activating group) is 1. The van der Waals surface area contributed by atoms with Crippen LogP contribution in [0, 0.1) is 11.3 Å². The number of pyridine rings is 1. The molecule has 4 aromatic rings. The van der Waals surface area contributed by atoms with E-state index in [4.69, 9.17) is 20.2 Å². The number of nitrogens with two attached hydrogens (primary N) is 1. The van der Waals surface area contributed by atoms with Crippen molar-refractivity contribution in [2.24, 2.45) is 0 Å². The Morgan fingerprint density at radius 1 is 1.16 bits per heavy atom. The molecule has 264 valence electrons. The van der Waals surface area contributed by atoms with Crippen LogP contribution < -0.4 is 20.9 Å². The molecule has 1 aromatic carbocycles. The Bertz CT molecular complexity index is 2030. The first kappa shape index (κ1) is 34.2. The molecule has 14 heteroatoms. The Morgan fingerprint density at radius 2 is 1.96 bits per heavy atom. The van der Waals surface area contributed by atoms with Crippen molar-refractivity contribution in [3.63, 3.8) is 0 Å². The Hall–Kier alpha value is -5.26. The maximum Gasteiger partial charge on any atom is 0.254 e. The monoisotopic (exact) mass is 706 g/mol. The molecule has 0 saturated carbocycles. The van der Waals surface area contributed by atoms with Crippen molar-refractivity contribution < 1.29 is 14.1 Å². The molecule has 2 atom stereocenters. The number of rotatable bonds is 7. The zero-order valence-electron chi connectivity index (χ0n) is 29.2. The number of piperazine rings is 2. The number of amides is 2. The van der Waals surface area contributed by atoms with Gasteiger partial charge in [-0.1, -0.05) is 17.8 Å². The second-order valence-electron chi connectivity index (χ2n) is 13.8. The van der Waals surface area contributed by atoms with Crippen LogP contribution in [0.3, 0.4) is 0 Å². The Kier molecular flexibility index (Phi) is 9.26. The first-order valence-electron chi connectivity index (χ1n) is 17.3. The molecule has 3 N–H and O–H groups in total. The molecule has 2 fully saturated rings. The van der Waals surface area contributed by atoms with E-state index in [-0.39, 0.29) is 17.9 Å². The summed E-state index contributed by atoms with van der Waals surface area (Å²) in [5.41, 5.74) is 9.69. The highest BCUT2D eigenvalue weighted by Gasteiger charge is 2.43. The fraction of sp³-hybridized carbons (Fsp3) is 0.405. The van der Waals surface area contributed by atoms with Crippen molar-refractivity contribution in [3.05, 3.63) is 76.5 Å². The molecule has 7 rings (SSSR count). The smallest absolute Gasteiger partial charge is 0.254 e. The first-order chi connectivity index (χ1) is 24.6. The summed E-state index contributed by atoms with van der Waals surface area (Å²) in [4.78, 5) is 45.2. The number of anilines is 4. The van der Waals surface area contributed by atoms with Crippen LogP contribution in [0.2, 0.25) is 0 Å². The quantitative estimate of drug-likeness (QED) is 0.260. The molecule has 0 unspecified atom stereocenters. The minimum absolute atomic E-state index is 0.0858. The molecular formula is C37H42N10O3S. The number of aryl methyl sites for hydroxylation is 1. The van der Waals surface area contributed by atoms with Gasteiger partial charge in [0.1, 0.15) is 22.6 Å². The van der Waals surface area contributed by atoms with Crippen LogP contribution in [-0.4, -0.2) is 95.6 Å². The Labute approximate surface area is 301 Å². The Balaban J connectivity index is 1.17. The first-order valence-corrected chi connectivity index (χ1v) is 18.1. The molecule has 0 spiro atoms. The second kappa shape index (κ2) is 13.8. The zero-order valence-corrected chi connectivity index (χ0v) is 30.0. The number of carbonyl (C=O) groups excluding carboxylic acids is 2. The van der Waals surface area contributed by atoms with Gasteiger partial charge in [-0.25, -0.2) is 4.98 Å². The largest absolute Gasteiger partial charge is 0.389 e. The third-order valence-corrected chi connectivity index (χ3v) is 11.4. The molecule has 51 heavy (non-hydrogen) atoms. The third-order valence-electron chi connectivity index (χ3n) is 10.3. The van der Waals surface area contributed by atoms with Gasteiger partial charge in [0, 0.05) is 85.3 Å². The number of fused-ring (bicyclic) bond motifs is 1. The van der Waals surface area contributed by atoms with Crippen molar-refractivity contribution in [1.29, 1.82) is 5.26 Å². The van der Waals surface area contributed by atoms with Gasteiger partial charge < -0.3 is 35.2 Å². The Morgan fingerprint density at radius 3 is 2.71 bits per heavy atom. The summed E-state index contributed by atoms with van der Waals surface area (Å²) in [6.45, 7) is 12.7. The van der Waals surface area contributed by atoms with Crippen LogP contribution in [0.15, 0.2) is 53.6 Å². The standard InChI is InChI=1S/C37H42N10O3S/c1-5-31(48)40-25-9-6-8-24(18-25)35(49)46-15-13-45(14-16-46)26-19-28(41-30(20-26)47-17-12-44(4)22-23(47)2)34-42-36(50-43-34)37(3)11-7-10-29-32(37)27(21-38)33(39)51-29/h5-6,8-9,18-20,23H,1,7,10-17,22,39H2,2-4H3,(H,40,48)/t23-,37-/m0/s1. The minimum atomic E-state index is -0.635. The van der Waals surface area contributed by atoms with E-state index in [1.54, 1.807) is 24.3 Å². The van der Waals surface area contributed by atoms with Crippen molar-refractivity contribution in [1.82, 2.24) is 24.9 Å². The second-order valence-corrected chi connectivity index (χ2v) is 14.9. The highest BCUT2D eigenvalue weighted by atomic mass is 32.1. The van der Waals surface area contributed by atoms with E-state index in [9.17, 15) is 14.9 Å². The molecular weight excluding hydrogens is 665 g/mol. The molecule has 5 heterocycles. The van der Waals surface area contributed by atoms with E-state index in [2.05, 4.69) is 64.8 Å². The van der Waals surface area contributed by atoms with Crippen molar-refractivity contribution >= 4 is 45.3 Å². The summed E-state index contributed by atoms with van der Waals surface area (Å²) in [6.07, 6.45) is 3.76. The number of nitrogens with zero attached hydrogens (tertiary/aromatic N) is 8. The van der Waals surface area contributed by atoms with E-state index in [0.717, 1.165) is 60.8 Å². The summed E-state index contributed by atoms with van der Waals surface area (Å²) in [5, 5.41) is 17.7. The minimum Gasteiger partial charge on any atom is -0.389 e. The molecule has 2 amide bonds. The van der Waals surface area contributed by atoms with Gasteiger partial charge in [0.25, 0.3) is 5.91 Å². The van der Waals surface area contributed by atoms with E-state index < -0.39 is 5.41 Å². The summed E-state index contributed by atoms with van der Waals surface area (Å²) in [6, 6.07) is 13.6. The normalized spacial score (nSPS) is 20.8. The van der Waals surface area contributed by atoms with E-state index in [0.29, 0.717) is 65.4 Å². The predicted molar refractivity (Wildman–Crippen MR) is 198 cm³/mol. The summed E-state index contributed by atoms with van der Waals surface area (Å²) < 4.78 is 6.00. The topological polar surface area (TPSA) is 161 Å². The average Bonchev–Trinajstić information content (AvgIpc) is 3.77. The summed E-state index contributed by atoms with van der Waals surface area (Å²) in [7, 11) is 2.13. The number of nitriles is 1. The van der Waals surface area contributed by atoms with Gasteiger partial charge in [0.05, 0.1) is 11.0 Å². The number of carbonyl (C=O) groups is 2. The van der Waals surface area contributed by atoms with Gasteiger partial charge in [0.2, 0.25) is 17.6 Å². The fourth-order valence-electron chi connectivity index (χ4n) is 7.56. The lowest BCUT2D eigenvalue weighted by Gasteiger charge is -2.40. The predicted octanol–water partition coefficient (Wildman–Crippen LogP) is 4.52. The van der Waals surface area contributed by atoms with Crippen LogP contribution in [-0.2, 0) is 16.6 Å². The maximum atomic E-state index is 13.5. The SMILES string of the molecule is C=CC(=O)Nc1cccc(C(=O)N2CCN(c3cc(-c4noc([C@@]5(C)CCCc6sc(N)c(C#N)c65)n4)nc(N4CCN(C)C[C@@H]4C)c3)CC2)c1. The van der Waals surface area contributed by atoms with Crippen LogP contribution in [0.4, 0.5) is 22.2 Å². The molecule has 13 nitrogen and oxygen atoms in total. The number of nitrogens with one attached hydrogen (secondary N) is 1. The highest BCUT2D eigenvalue weighted by Crippen LogP contribution is 2.48. The molecule has 1 aliphatic carbocycles. The number of hydrogen-bond acceptors (Lipinski definition) is 12. The number of hydrogen-bond donors (Lipinski definition) is 2. The number of aromatic nitrogens is 3. The third kappa shape index (κ3) is 6.55. The zero-order chi connectivity index (χ0) is 35.9. The van der Waals surface area contributed by atoms with Crippen LogP contribution in [0.1, 0.15) is 58.9 Å². The molecule has 3 aromatic heterocycles. The molecule has 2 aliphatic heterocycles. The summed E-state index contributed by atoms with van der Waals surface area (Å²) in [5.74, 6) is 1.27. The number of nitrogen functional groups attached to an aromatic ring is 1. The van der Waals surface area contributed by atoms with Crippen LogP contribution >= 0.6 is 11.3 Å². The van der Waals surface area contributed by atoms with E-state index in [1.165, 1.54) is 17.4 Å².